The van der Waals surface area contributed by atoms with E-state index in [-0.39, 0.29) is 0 Å². The molecule has 0 aliphatic heterocycles. The van der Waals surface area contributed by atoms with Crippen LogP contribution in [-0.4, -0.2) is 4.98 Å². The highest BCUT2D eigenvalue weighted by molar-refractivity contribution is 7.22. The normalized spacial score (nSPS) is 11.4. The molecule has 0 saturated carbocycles. The predicted molar refractivity (Wildman–Crippen MR) is 203 cm³/mol. The Morgan fingerprint density at radius 1 is 0.383 bits per heavy atom. The van der Waals surface area contributed by atoms with Gasteiger partial charge in [0, 0.05) is 32.2 Å². The minimum absolute atomic E-state index is 1.04. The molecule has 0 saturated heterocycles. The summed E-state index contributed by atoms with van der Waals surface area (Å²) in [5, 5.41) is 4.84. The number of para-hydroxylation sites is 1. The molecule has 0 atom stereocenters. The SMILES string of the molecule is c1ccc2cc(-c3ccc(N(c4ccc(-c5cc6ccccc6s5)cc4)c4ccc(-c5nc6ccccc6s5)cc4)cc3)ccc2c1. The van der Waals surface area contributed by atoms with E-state index in [2.05, 4.69) is 169 Å². The lowest BCUT2D eigenvalue weighted by atomic mass is 10.0. The average molecular weight is 637 g/mol. The number of thiophene rings is 1. The molecule has 0 aliphatic carbocycles. The highest BCUT2D eigenvalue weighted by Crippen LogP contribution is 2.40. The molecule has 0 amide bonds. The first-order valence-electron chi connectivity index (χ1n) is 15.7. The summed E-state index contributed by atoms with van der Waals surface area (Å²) in [6.45, 7) is 0. The Bertz CT molecular complexity index is 2320. The van der Waals surface area contributed by atoms with Crippen molar-refractivity contribution in [2.75, 3.05) is 4.90 Å². The summed E-state index contributed by atoms with van der Waals surface area (Å²) in [5.41, 5.74) is 9.14. The molecule has 0 unspecified atom stereocenters. The minimum Gasteiger partial charge on any atom is -0.311 e. The maximum Gasteiger partial charge on any atom is 0.124 e. The van der Waals surface area contributed by atoms with Crippen molar-refractivity contribution >= 4 is 70.8 Å². The van der Waals surface area contributed by atoms with Gasteiger partial charge in [-0.2, -0.15) is 0 Å². The van der Waals surface area contributed by atoms with Crippen LogP contribution in [0.25, 0.3) is 63.2 Å². The molecule has 2 aromatic heterocycles. The van der Waals surface area contributed by atoms with Crippen LogP contribution < -0.4 is 4.90 Å². The Morgan fingerprint density at radius 2 is 0.936 bits per heavy atom. The molecule has 47 heavy (non-hydrogen) atoms. The van der Waals surface area contributed by atoms with Gasteiger partial charge in [-0.3, -0.25) is 0 Å². The van der Waals surface area contributed by atoms with E-state index >= 15 is 0 Å². The largest absolute Gasteiger partial charge is 0.311 e. The molecule has 2 nitrogen and oxygen atoms in total. The number of fused-ring (bicyclic) bond motifs is 3. The first-order chi connectivity index (χ1) is 23.2. The lowest BCUT2D eigenvalue weighted by Gasteiger charge is -2.26. The van der Waals surface area contributed by atoms with Crippen LogP contribution in [0, 0.1) is 0 Å². The van der Waals surface area contributed by atoms with Crippen LogP contribution in [0.3, 0.4) is 0 Å². The number of nitrogens with zero attached hydrogens (tertiary/aromatic N) is 2. The highest BCUT2D eigenvalue weighted by atomic mass is 32.1. The van der Waals surface area contributed by atoms with E-state index in [9.17, 15) is 0 Å². The zero-order valence-electron chi connectivity index (χ0n) is 25.4. The molecule has 0 bridgehead atoms. The molecule has 0 fully saturated rings. The van der Waals surface area contributed by atoms with Crippen LogP contribution in [0.4, 0.5) is 17.1 Å². The Kier molecular flexibility index (Phi) is 6.89. The summed E-state index contributed by atoms with van der Waals surface area (Å²) < 4.78 is 2.52. The van der Waals surface area contributed by atoms with E-state index < -0.39 is 0 Å². The van der Waals surface area contributed by atoms with Gasteiger partial charge in [0.25, 0.3) is 0 Å². The molecule has 0 N–H and O–H groups in total. The molecular formula is C43H28N2S2. The van der Waals surface area contributed by atoms with Crippen LogP contribution in [-0.2, 0) is 0 Å². The highest BCUT2D eigenvalue weighted by Gasteiger charge is 2.15. The second kappa shape index (κ2) is 11.7. The maximum absolute atomic E-state index is 4.89. The fraction of sp³-hybridized carbons (Fsp3) is 0. The van der Waals surface area contributed by atoms with Gasteiger partial charge in [-0.1, -0.05) is 91.0 Å². The molecule has 7 aromatic carbocycles. The van der Waals surface area contributed by atoms with Crippen molar-refractivity contribution in [2.24, 2.45) is 0 Å². The van der Waals surface area contributed by atoms with Gasteiger partial charge in [0.15, 0.2) is 0 Å². The van der Waals surface area contributed by atoms with E-state index in [0.29, 0.717) is 0 Å². The van der Waals surface area contributed by atoms with Crippen LogP contribution in [0.15, 0.2) is 170 Å². The summed E-state index contributed by atoms with van der Waals surface area (Å²) >= 11 is 3.57. The van der Waals surface area contributed by atoms with Gasteiger partial charge in [0.1, 0.15) is 5.01 Å². The van der Waals surface area contributed by atoms with Gasteiger partial charge < -0.3 is 4.90 Å². The third-order valence-corrected chi connectivity index (χ3v) is 11.0. The first kappa shape index (κ1) is 27.7. The zero-order chi connectivity index (χ0) is 31.2. The average Bonchev–Trinajstić information content (AvgIpc) is 3.78. The Balaban J connectivity index is 1.09. The first-order valence-corrected chi connectivity index (χ1v) is 17.3. The number of benzene rings is 7. The van der Waals surface area contributed by atoms with Crippen LogP contribution in [0.5, 0.6) is 0 Å². The second-order valence-corrected chi connectivity index (χ2v) is 13.8. The number of anilines is 3. The van der Waals surface area contributed by atoms with Crippen molar-refractivity contribution in [2.45, 2.75) is 0 Å². The molecule has 0 radical (unpaired) electrons. The molecule has 9 rings (SSSR count). The monoisotopic (exact) mass is 636 g/mol. The van der Waals surface area contributed by atoms with Gasteiger partial charge >= 0.3 is 0 Å². The summed E-state index contributed by atoms with van der Waals surface area (Å²) in [5.74, 6) is 0. The fourth-order valence-corrected chi connectivity index (χ4v) is 8.31. The molecule has 222 valence electrons. The number of thiazole rings is 1. The smallest absolute Gasteiger partial charge is 0.124 e. The standard InChI is InChI=1S/C43H28N2S2/c1-2-8-33-27-34(14-13-29(33)7-1)30-15-21-36(22-16-30)45(37-23-17-31(18-24-37)42-28-35-9-3-5-11-40(35)46-42)38-25-19-32(20-26-38)43-44-39-10-4-6-12-41(39)47-43/h1-28H. The van der Waals surface area contributed by atoms with Crippen molar-refractivity contribution in [3.63, 3.8) is 0 Å². The van der Waals surface area contributed by atoms with Crippen LogP contribution in [0.2, 0.25) is 0 Å². The second-order valence-electron chi connectivity index (χ2n) is 11.7. The zero-order valence-corrected chi connectivity index (χ0v) is 27.0. The van der Waals surface area contributed by atoms with Crippen LogP contribution >= 0.6 is 22.7 Å². The molecule has 9 aromatic rings. The topological polar surface area (TPSA) is 16.1 Å². The number of hydrogen-bond donors (Lipinski definition) is 0. The number of hydrogen-bond acceptors (Lipinski definition) is 4. The van der Waals surface area contributed by atoms with Gasteiger partial charge in [0.2, 0.25) is 0 Å². The van der Waals surface area contributed by atoms with E-state index in [1.54, 1.807) is 11.3 Å². The molecule has 4 heteroatoms. The van der Waals surface area contributed by atoms with Gasteiger partial charge in [-0.05, 0) is 112 Å². The van der Waals surface area contributed by atoms with Crippen molar-refractivity contribution in [1.82, 2.24) is 4.98 Å². The number of aromatic nitrogens is 1. The van der Waals surface area contributed by atoms with E-state index in [4.69, 9.17) is 4.98 Å². The third kappa shape index (κ3) is 5.28. The van der Waals surface area contributed by atoms with Crippen molar-refractivity contribution < 1.29 is 0 Å². The molecule has 0 spiro atoms. The summed E-state index contributed by atoms with van der Waals surface area (Å²) in [4.78, 5) is 8.51. The maximum atomic E-state index is 4.89. The summed E-state index contributed by atoms with van der Waals surface area (Å²) in [7, 11) is 0. The predicted octanol–water partition coefficient (Wildman–Crippen LogP) is 13.1. The third-order valence-electron chi connectivity index (χ3n) is 8.71. The molecule has 0 aliphatic rings. The lowest BCUT2D eigenvalue weighted by molar-refractivity contribution is 1.28. The van der Waals surface area contributed by atoms with Crippen molar-refractivity contribution in [1.29, 1.82) is 0 Å². The quantitative estimate of drug-likeness (QED) is 0.181. The van der Waals surface area contributed by atoms with E-state index in [0.717, 1.165) is 33.1 Å². The Morgan fingerprint density at radius 3 is 1.62 bits per heavy atom. The number of rotatable bonds is 6. The van der Waals surface area contributed by atoms with Gasteiger partial charge in [-0.15, -0.1) is 22.7 Å². The minimum atomic E-state index is 1.04. The Labute approximate surface area is 281 Å². The Hall–Kier alpha value is -5.55. The summed E-state index contributed by atoms with van der Waals surface area (Å²) in [6, 6.07) is 61.1. The van der Waals surface area contributed by atoms with Gasteiger partial charge in [0.05, 0.1) is 10.2 Å². The fourth-order valence-electron chi connectivity index (χ4n) is 6.27. The summed E-state index contributed by atoms with van der Waals surface area (Å²) in [6.07, 6.45) is 0. The van der Waals surface area contributed by atoms with E-state index in [1.807, 2.05) is 17.4 Å². The van der Waals surface area contributed by atoms with E-state index in [1.165, 1.54) is 47.1 Å². The van der Waals surface area contributed by atoms with Gasteiger partial charge in [-0.25, -0.2) is 4.98 Å². The lowest BCUT2D eigenvalue weighted by Crippen LogP contribution is -2.09. The van der Waals surface area contributed by atoms with Crippen LogP contribution in [0.1, 0.15) is 0 Å². The van der Waals surface area contributed by atoms with Crippen molar-refractivity contribution in [3.05, 3.63) is 170 Å². The molecular weight excluding hydrogens is 609 g/mol. The molecule has 2 heterocycles. The van der Waals surface area contributed by atoms with Crippen molar-refractivity contribution in [3.8, 4) is 32.1 Å².